The van der Waals surface area contributed by atoms with Gasteiger partial charge >= 0.3 is 0 Å². The number of amides is 1. The Balaban J connectivity index is 2.08. The standard InChI is InChI=1S/C19H25N3O2/c1-3-22-12-14(18(23)17-15(20)10-7-11-16(17)22)19(24)21(2)13-8-5-4-6-9-13/h7,10-13H,3-6,8-9,20H2,1-2H3. The SMILES string of the molecule is CCn1cc(C(=O)N(C)C2CCCCC2)c(=O)c2c(N)cccc21. The Kier molecular flexibility index (Phi) is 4.60. The van der Waals surface area contributed by atoms with E-state index in [4.69, 9.17) is 5.73 Å². The largest absolute Gasteiger partial charge is 0.398 e. The molecule has 0 bridgehead atoms. The van der Waals surface area contributed by atoms with Crippen molar-refractivity contribution < 1.29 is 4.79 Å². The average Bonchev–Trinajstić information content (AvgIpc) is 2.61. The molecule has 1 aliphatic carbocycles. The molecule has 1 saturated carbocycles. The van der Waals surface area contributed by atoms with Crippen molar-refractivity contribution in [3.63, 3.8) is 0 Å². The second-order valence-electron chi connectivity index (χ2n) is 6.61. The fourth-order valence-corrected chi connectivity index (χ4v) is 3.70. The lowest BCUT2D eigenvalue weighted by atomic mass is 9.94. The molecule has 0 unspecified atom stereocenters. The molecule has 1 aliphatic rings. The summed E-state index contributed by atoms with van der Waals surface area (Å²) in [4.78, 5) is 27.6. The molecule has 1 heterocycles. The average molecular weight is 327 g/mol. The first-order valence-electron chi connectivity index (χ1n) is 8.73. The van der Waals surface area contributed by atoms with Crippen LogP contribution in [0.2, 0.25) is 0 Å². The zero-order valence-corrected chi connectivity index (χ0v) is 14.4. The van der Waals surface area contributed by atoms with Crippen LogP contribution in [0.1, 0.15) is 49.4 Å². The summed E-state index contributed by atoms with van der Waals surface area (Å²) in [6.45, 7) is 2.67. The number of rotatable bonds is 3. The van der Waals surface area contributed by atoms with Gasteiger partial charge in [-0.25, -0.2) is 0 Å². The van der Waals surface area contributed by atoms with Crippen molar-refractivity contribution in [1.29, 1.82) is 0 Å². The number of carbonyl (C=O) groups is 1. The monoisotopic (exact) mass is 327 g/mol. The van der Waals surface area contributed by atoms with Crippen molar-refractivity contribution in [1.82, 2.24) is 9.47 Å². The molecule has 24 heavy (non-hydrogen) atoms. The maximum atomic E-state index is 13.0. The molecule has 0 atom stereocenters. The molecule has 5 nitrogen and oxygen atoms in total. The first-order valence-corrected chi connectivity index (χ1v) is 8.73. The van der Waals surface area contributed by atoms with Gasteiger partial charge in [-0.1, -0.05) is 25.3 Å². The summed E-state index contributed by atoms with van der Waals surface area (Å²) < 4.78 is 1.93. The smallest absolute Gasteiger partial charge is 0.259 e. The van der Waals surface area contributed by atoms with Crippen LogP contribution in [0.15, 0.2) is 29.2 Å². The number of fused-ring (bicyclic) bond motifs is 1. The fourth-order valence-electron chi connectivity index (χ4n) is 3.70. The number of pyridine rings is 1. The Hall–Kier alpha value is -2.30. The van der Waals surface area contributed by atoms with E-state index in [9.17, 15) is 9.59 Å². The minimum absolute atomic E-state index is 0.195. The number of aromatic nitrogens is 1. The summed E-state index contributed by atoms with van der Waals surface area (Å²) >= 11 is 0. The fraction of sp³-hybridized carbons (Fsp3) is 0.474. The van der Waals surface area contributed by atoms with Crippen LogP contribution in [0.4, 0.5) is 5.69 Å². The predicted octanol–water partition coefficient (Wildman–Crippen LogP) is 3.01. The number of carbonyl (C=O) groups excluding carboxylic acids is 1. The highest BCUT2D eigenvalue weighted by Crippen LogP contribution is 2.23. The topological polar surface area (TPSA) is 68.3 Å². The minimum Gasteiger partial charge on any atom is -0.398 e. The molecule has 0 radical (unpaired) electrons. The van der Waals surface area contributed by atoms with E-state index in [0.717, 1.165) is 31.2 Å². The molecule has 2 N–H and O–H groups in total. The third-order valence-corrected chi connectivity index (χ3v) is 5.15. The van der Waals surface area contributed by atoms with Gasteiger partial charge in [-0.2, -0.15) is 0 Å². The van der Waals surface area contributed by atoms with Crippen molar-refractivity contribution in [2.24, 2.45) is 0 Å². The van der Waals surface area contributed by atoms with Crippen molar-refractivity contribution in [3.8, 4) is 0 Å². The summed E-state index contributed by atoms with van der Waals surface area (Å²) in [6.07, 6.45) is 7.23. The van der Waals surface area contributed by atoms with E-state index in [-0.39, 0.29) is 22.9 Å². The van der Waals surface area contributed by atoms with Gasteiger partial charge in [-0.05, 0) is 31.9 Å². The predicted molar refractivity (Wildman–Crippen MR) is 97.3 cm³/mol. The molecule has 1 fully saturated rings. The van der Waals surface area contributed by atoms with Gasteiger partial charge in [0.1, 0.15) is 5.56 Å². The van der Waals surface area contributed by atoms with Gasteiger partial charge in [0.05, 0.1) is 10.9 Å². The molecule has 1 aromatic heterocycles. The normalized spacial score (nSPS) is 15.6. The molecule has 1 amide bonds. The second-order valence-corrected chi connectivity index (χ2v) is 6.61. The Morgan fingerprint density at radius 1 is 1.29 bits per heavy atom. The third-order valence-electron chi connectivity index (χ3n) is 5.15. The van der Waals surface area contributed by atoms with Crippen LogP contribution in [-0.4, -0.2) is 28.5 Å². The maximum absolute atomic E-state index is 13.0. The number of nitrogen functional groups attached to an aromatic ring is 1. The quantitative estimate of drug-likeness (QED) is 0.881. The van der Waals surface area contributed by atoms with E-state index in [1.807, 2.05) is 30.7 Å². The van der Waals surface area contributed by atoms with E-state index in [2.05, 4.69) is 0 Å². The van der Waals surface area contributed by atoms with E-state index >= 15 is 0 Å². The third kappa shape index (κ3) is 2.79. The molecule has 3 rings (SSSR count). The zero-order valence-electron chi connectivity index (χ0n) is 14.4. The molecule has 0 saturated heterocycles. The number of nitrogens with two attached hydrogens (primary N) is 1. The van der Waals surface area contributed by atoms with Crippen molar-refractivity contribution in [2.75, 3.05) is 12.8 Å². The summed E-state index contributed by atoms with van der Waals surface area (Å²) in [6, 6.07) is 5.64. The van der Waals surface area contributed by atoms with Crippen LogP contribution >= 0.6 is 0 Å². The van der Waals surface area contributed by atoms with Crippen LogP contribution in [-0.2, 0) is 6.54 Å². The molecule has 0 aliphatic heterocycles. The molecular formula is C19H25N3O2. The highest BCUT2D eigenvalue weighted by molar-refractivity contribution is 6.00. The number of aryl methyl sites for hydroxylation is 1. The summed E-state index contributed by atoms with van der Waals surface area (Å²) in [5.41, 5.74) is 7.19. The number of benzene rings is 1. The molecule has 2 aromatic rings. The summed E-state index contributed by atoms with van der Waals surface area (Å²) in [7, 11) is 1.81. The van der Waals surface area contributed by atoms with Crippen molar-refractivity contribution in [3.05, 3.63) is 40.2 Å². The lowest BCUT2D eigenvalue weighted by Gasteiger charge is -2.31. The lowest BCUT2D eigenvalue weighted by Crippen LogP contribution is -2.40. The van der Waals surface area contributed by atoms with Gasteiger partial charge in [-0.15, -0.1) is 0 Å². The molecule has 0 spiro atoms. The minimum atomic E-state index is -0.263. The molecule has 5 heteroatoms. The van der Waals surface area contributed by atoms with Gasteiger partial charge in [0.25, 0.3) is 5.91 Å². The van der Waals surface area contributed by atoms with Gasteiger partial charge in [0.15, 0.2) is 0 Å². The zero-order chi connectivity index (χ0) is 17.3. The Labute approximate surface area is 142 Å². The highest BCUT2D eigenvalue weighted by Gasteiger charge is 2.26. The van der Waals surface area contributed by atoms with Crippen LogP contribution < -0.4 is 11.2 Å². The van der Waals surface area contributed by atoms with E-state index in [0.29, 0.717) is 17.6 Å². The molecule has 128 valence electrons. The summed E-state index contributed by atoms with van der Waals surface area (Å²) in [5.74, 6) is -0.195. The van der Waals surface area contributed by atoms with Crippen molar-refractivity contribution >= 4 is 22.5 Å². The molecule has 1 aromatic carbocycles. The highest BCUT2D eigenvalue weighted by atomic mass is 16.2. The van der Waals surface area contributed by atoms with E-state index in [1.54, 1.807) is 17.2 Å². The van der Waals surface area contributed by atoms with Crippen molar-refractivity contribution in [2.45, 2.75) is 51.6 Å². The number of hydrogen-bond donors (Lipinski definition) is 1. The van der Waals surface area contributed by atoms with Crippen LogP contribution in [0, 0.1) is 0 Å². The van der Waals surface area contributed by atoms with E-state index < -0.39 is 0 Å². The Morgan fingerprint density at radius 3 is 2.67 bits per heavy atom. The van der Waals surface area contributed by atoms with Gasteiger partial charge in [0.2, 0.25) is 5.43 Å². The molecular weight excluding hydrogens is 302 g/mol. The van der Waals surface area contributed by atoms with Gasteiger partial charge < -0.3 is 15.2 Å². The maximum Gasteiger partial charge on any atom is 0.259 e. The van der Waals surface area contributed by atoms with Gasteiger partial charge in [-0.3, -0.25) is 9.59 Å². The number of hydrogen-bond acceptors (Lipinski definition) is 3. The van der Waals surface area contributed by atoms with Gasteiger partial charge in [0, 0.05) is 31.5 Å². The number of anilines is 1. The number of nitrogens with zero attached hydrogens (tertiary/aromatic N) is 2. The first kappa shape index (κ1) is 16.6. The van der Waals surface area contributed by atoms with Crippen LogP contribution in [0.3, 0.4) is 0 Å². The van der Waals surface area contributed by atoms with Crippen LogP contribution in [0.5, 0.6) is 0 Å². The summed E-state index contributed by atoms with van der Waals surface area (Å²) in [5, 5.41) is 0.447. The van der Waals surface area contributed by atoms with Crippen LogP contribution in [0.25, 0.3) is 10.9 Å². The van der Waals surface area contributed by atoms with E-state index in [1.165, 1.54) is 6.42 Å². The Morgan fingerprint density at radius 2 is 2.00 bits per heavy atom. The first-order chi connectivity index (χ1) is 11.5. The lowest BCUT2D eigenvalue weighted by molar-refractivity contribution is 0.0694. The second kappa shape index (κ2) is 6.67. The Bertz CT molecular complexity index is 819.